The molecule has 6 heterocycles. The number of nitrogens with one attached hydrogen (secondary N) is 3. The second-order valence-corrected chi connectivity index (χ2v) is 15.4. The van der Waals surface area contributed by atoms with Crippen LogP contribution < -0.4 is 20.9 Å². The molecule has 4 fully saturated rings. The number of pyridine rings is 1. The smallest absolute Gasteiger partial charge is 0.270 e. The van der Waals surface area contributed by atoms with Crippen molar-refractivity contribution in [2.45, 2.75) is 76.0 Å². The largest absolute Gasteiger partial charge is 0.374 e. The number of hydrogen-bond donors (Lipinski definition) is 3. The average Bonchev–Trinajstić information content (AvgIpc) is 3.85. The van der Waals surface area contributed by atoms with Gasteiger partial charge in [-0.15, -0.1) is 0 Å². The Labute approximate surface area is 316 Å². The van der Waals surface area contributed by atoms with E-state index in [1.807, 2.05) is 30.5 Å². The number of rotatable bonds is 10. The number of piperazine rings is 1. The summed E-state index contributed by atoms with van der Waals surface area (Å²) >= 11 is 0. The Morgan fingerprint density at radius 3 is 2.31 bits per heavy atom. The maximum atomic E-state index is 13.1. The summed E-state index contributed by atoms with van der Waals surface area (Å²) in [6.45, 7) is 7.17. The Morgan fingerprint density at radius 2 is 1.63 bits per heavy atom. The number of imide groups is 1. The first-order valence-corrected chi connectivity index (χ1v) is 19.5. The molecule has 4 aliphatic rings. The Hall–Kier alpha value is -5.08. The number of piperidine rings is 2. The van der Waals surface area contributed by atoms with Crippen LogP contribution in [0, 0.1) is 0 Å². The lowest BCUT2D eigenvalue weighted by Crippen LogP contribution is -2.53. The predicted molar refractivity (Wildman–Crippen MR) is 209 cm³/mol. The summed E-state index contributed by atoms with van der Waals surface area (Å²) < 4.78 is 2.13. The van der Waals surface area contributed by atoms with Crippen LogP contribution in [0.3, 0.4) is 0 Å². The van der Waals surface area contributed by atoms with Crippen molar-refractivity contribution in [1.82, 2.24) is 39.5 Å². The minimum atomic E-state index is -0.367. The normalized spacial score (nSPS) is 20.7. The zero-order chi connectivity index (χ0) is 37.2. The number of carbonyl (C=O) groups is 3. The zero-order valence-electron chi connectivity index (χ0n) is 31.3. The number of fused-ring (bicyclic) bond motifs is 1. The van der Waals surface area contributed by atoms with Gasteiger partial charge >= 0.3 is 0 Å². The first-order valence-electron chi connectivity index (χ1n) is 19.5. The molecule has 14 nitrogen and oxygen atoms in total. The quantitative estimate of drug-likeness (QED) is 0.200. The summed E-state index contributed by atoms with van der Waals surface area (Å²) in [4.78, 5) is 60.0. The standard InChI is InChI=1S/C40H51N11O3/c1-47(2)39(54)34-23-28-24-42-40(46-37(28)51(34)31-5-3-4-6-31)44-35-13-11-32(25-41-35)49-17-15-30(16-18-49)50-21-19-48(20-22-50)26-27-7-9-29(10-8-27)43-33-12-14-36(52)45-38(33)53/h7-11,13,23-25,30-31,33,43H,3-6,12,14-22,26H2,1-2H3,(H,45,52,53)(H,41,42,44,46). The maximum Gasteiger partial charge on any atom is 0.270 e. The number of anilines is 4. The minimum Gasteiger partial charge on any atom is -0.374 e. The Morgan fingerprint density at radius 1 is 0.870 bits per heavy atom. The zero-order valence-corrected chi connectivity index (χ0v) is 31.3. The fraction of sp³-hybridized carbons (Fsp3) is 0.500. The van der Waals surface area contributed by atoms with E-state index < -0.39 is 0 Å². The van der Waals surface area contributed by atoms with Crippen molar-refractivity contribution in [3.63, 3.8) is 0 Å². The van der Waals surface area contributed by atoms with Crippen LogP contribution in [-0.4, -0.2) is 117 Å². The van der Waals surface area contributed by atoms with Gasteiger partial charge in [-0.2, -0.15) is 4.98 Å². The van der Waals surface area contributed by atoms with Gasteiger partial charge in [-0.25, -0.2) is 9.97 Å². The van der Waals surface area contributed by atoms with E-state index in [1.165, 1.54) is 5.56 Å². The van der Waals surface area contributed by atoms with E-state index in [1.54, 1.807) is 25.2 Å². The molecular formula is C40H51N11O3. The predicted octanol–water partition coefficient (Wildman–Crippen LogP) is 4.39. The molecule has 284 valence electrons. The minimum absolute atomic E-state index is 0.0163. The van der Waals surface area contributed by atoms with Crippen LogP contribution >= 0.6 is 0 Å². The van der Waals surface area contributed by atoms with Gasteiger partial charge in [0.2, 0.25) is 17.8 Å². The summed E-state index contributed by atoms with van der Waals surface area (Å²) in [6, 6.07) is 14.8. The van der Waals surface area contributed by atoms with E-state index in [0.29, 0.717) is 36.3 Å². The summed E-state index contributed by atoms with van der Waals surface area (Å²) in [6.07, 6.45) is 11.3. The lowest BCUT2D eigenvalue weighted by Gasteiger charge is -2.43. The molecule has 14 heteroatoms. The van der Waals surface area contributed by atoms with E-state index in [9.17, 15) is 14.4 Å². The van der Waals surface area contributed by atoms with Crippen molar-refractivity contribution in [2.24, 2.45) is 0 Å². The number of amides is 3. The molecule has 3 aliphatic heterocycles. The fourth-order valence-electron chi connectivity index (χ4n) is 8.53. The molecule has 1 aromatic carbocycles. The second-order valence-electron chi connectivity index (χ2n) is 15.4. The molecule has 0 bridgehead atoms. The van der Waals surface area contributed by atoms with E-state index in [4.69, 9.17) is 9.97 Å². The van der Waals surface area contributed by atoms with Crippen LogP contribution in [0.25, 0.3) is 11.0 Å². The fourth-order valence-corrected chi connectivity index (χ4v) is 8.53. The van der Waals surface area contributed by atoms with Crippen molar-refractivity contribution < 1.29 is 14.4 Å². The van der Waals surface area contributed by atoms with Crippen LogP contribution in [0.2, 0.25) is 0 Å². The van der Waals surface area contributed by atoms with Crippen LogP contribution in [0.4, 0.5) is 23.1 Å². The Kier molecular flexibility index (Phi) is 10.5. The number of benzene rings is 1. The first-order chi connectivity index (χ1) is 26.3. The van der Waals surface area contributed by atoms with Gasteiger partial charge in [0.25, 0.3) is 5.91 Å². The number of aromatic nitrogens is 4. The third-order valence-electron chi connectivity index (χ3n) is 11.6. The van der Waals surface area contributed by atoms with Gasteiger partial charge < -0.3 is 25.0 Å². The van der Waals surface area contributed by atoms with E-state index >= 15 is 0 Å². The van der Waals surface area contributed by atoms with E-state index in [0.717, 1.165) is 107 Å². The first kappa shape index (κ1) is 35.9. The highest BCUT2D eigenvalue weighted by Crippen LogP contribution is 2.35. The molecule has 1 aliphatic carbocycles. The molecule has 0 radical (unpaired) electrons. The van der Waals surface area contributed by atoms with E-state index in [2.05, 4.69) is 58.4 Å². The Balaban J connectivity index is 0.805. The second kappa shape index (κ2) is 15.7. The van der Waals surface area contributed by atoms with Gasteiger partial charge in [0.05, 0.1) is 11.9 Å². The van der Waals surface area contributed by atoms with Crippen LogP contribution in [0.5, 0.6) is 0 Å². The summed E-state index contributed by atoms with van der Waals surface area (Å²) in [7, 11) is 3.58. The molecule has 54 heavy (non-hydrogen) atoms. The molecule has 1 unspecified atom stereocenters. The molecule has 3 saturated heterocycles. The van der Waals surface area contributed by atoms with Crippen molar-refractivity contribution >= 4 is 51.9 Å². The topological polar surface area (TPSA) is 144 Å². The van der Waals surface area contributed by atoms with Gasteiger partial charge in [-0.1, -0.05) is 25.0 Å². The van der Waals surface area contributed by atoms with Crippen molar-refractivity contribution in [3.8, 4) is 0 Å². The third-order valence-corrected chi connectivity index (χ3v) is 11.6. The van der Waals surface area contributed by atoms with Crippen LogP contribution in [-0.2, 0) is 16.1 Å². The lowest BCUT2D eigenvalue weighted by molar-refractivity contribution is -0.133. The highest BCUT2D eigenvalue weighted by atomic mass is 16.2. The van der Waals surface area contributed by atoms with Gasteiger partial charge in [-0.05, 0) is 68.0 Å². The molecule has 3 N–H and O–H groups in total. The molecule has 3 aromatic heterocycles. The molecule has 8 rings (SSSR count). The summed E-state index contributed by atoms with van der Waals surface area (Å²) in [5.74, 6) is 0.699. The number of nitrogens with zero attached hydrogens (tertiary/aromatic N) is 8. The molecule has 0 spiro atoms. The van der Waals surface area contributed by atoms with Gasteiger partial charge in [0.1, 0.15) is 23.2 Å². The number of carbonyl (C=O) groups excluding carboxylic acids is 3. The van der Waals surface area contributed by atoms with Crippen LogP contribution in [0.1, 0.15) is 73.5 Å². The maximum absolute atomic E-state index is 13.1. The van der Waals surface area contributed by atoms with Gasteiger partial charge in [0, 0.05) is 95.7 Å². The monoisotopic (exact) mass is 733 g/mol. The highest BCUT2D eigenvalue weighted by Gasteiger charge is 2.30. The summed E-state index contributed by atoms with van der Waals surface area (Å²) in [5, 5.41) is 9.84. The third kappa shape index (κ3) is 7.90. The number of hydrogen-bond acceptors (Lipinski definition) is 11. The molecule has 1 saturated carbocycles. The summed E-state index contributed by atoms with van der Waals surface area (Å²) in [5.41, 5.74) is 4.74. The van der Waals surface area contributed by atoms with Gasteiger partial charge in [-0.3, -0.25) is 29.5 Å². The van der Waals surface area contributed by atoms with Gasteiger partial charge in [0.15, 0.2) is 0 Å². The average molecular weight is 734 g/mol. The Bertz CT molecular complexity index is 1960. The molecule has 4 aromatic rings. The SMILES string of the molecule is CN(C)C(=O)c1cc2cnc(Nc3ccc(N4CCC(N5CCN(Cc6ccc(NC7CCC(=O)NC7=O)cc6)CC5)CC4)cn3)nc2n1C1CCCC1. The lowest BCUT2D eigenvalue weighted by atomic mass is 10.0. The van der Waals surface area contributed by atoms with Crippen molar-refractivity contribution in [3.05, 3.63) is 66.1 Å². The van der Waals surface area contributed by atoms with Crippen molar-refractivity contribution in [1.29, 1.82) is 0 Å². The highest BCUT2D eigenvalue weighted by molar-refractivity contribution is 6.01. The molecular weight excluding hydrogens is 683 g/mol. The van der Waals surface area contributed by atoms with Crippen LogP contribution in [0.15, 0.2) is 54.9 Å². The van der Waals surface area contributed by atoms with E-state index in [-0.39, 0.29) is 29.8 Å². The molecule has 1 atom stereocenters. The molecule has 3 amide bonds. The van der Waals surface area contributed by atoms with Crippen molar-refractivity contribution in [2.75, 3.05) is 68.9 Å².